The summed E-state index contributed by atoms with van der Waals surface area (Å²) in [6.07, 6.45) is 4.28. The van der Waals surface area contributed by atoms with Crippen LogP contribution >= 0.6 is 0 Å². The number of rotatable bonds is 5. The average molecular weight is 271 g/mol. The number of aliphatic carboxylic acids is 1. The van der Waals surface area contributed by atoms with Crippen molar-refractivity contribution in [1.29, 1.82) is 0 Å². The van der Waals surface area contributed by atoms with Gasteiger partial charge in [-0.15, -0.1) is 0 Å². The Morgan fingerprint density at radius 2 is 1.95 bits per heavy atom. The van der Waals surface area contributed by atoms with Gasteiger partial charge in [-0.3, -0.25) is 4.79 Å². The molecular formula is C14H25NO4. The molecule has 1 saturated heterocycles. The van der Waals surface area contributed by atoms with Gasteiger partial charge in [0.1, 0.15) is 0 Å². The maximum absolute atomic E-state index is 10.9. The third kappa shape index (κ3) is 3.91. The fraction of sp³-hybridized carbons (Fsp3) is 0.929. The molecule has 110 valence electrons. The summed E-state index contributed by atoms with van der Waals surface area (Å²) in [5, 5.41) is 28.5. The van der Waals surface area contributed by atoms with Gasteiger partial charge in [0.05, 0.1) is 11.5 Å². The maximum atomic E-state index is 10.9. The minimum atomic E-state index is -0.730. The number of aliphatic hydroxyl groups is 2. The van der Waals surface area contributed by atoms with Gasteiger partial charge in [0.15, 0.2) is 0 Å². The van der Waals surface area contributed by atoms with E-state index in [1.54, 1.807) is 0 Å². The van der Waals surface area contributed by atoms with Gasteiger partial charge in [0, 0.05) is 19.7 Å². The Kier molecular flexibility index (Phi) is 4.81. The van der Waals surface area contributed by atoms with E-state index in [4.69, 9.17) is 10.2 Å². The molecule has 0 aromatic carbocycles. The van der Waals surface area contributed by atoms with Gasteiger partial charge in [-0.1, -0.05) is 0 Å². The summed E-state index contributed by atoms with van der Waals surface area (Å²) in [4.78, 5) is 13.2. The SMILES string of the molecule is O=C(O)C1CCC(O)(CN2CCC(CCO)C2)CC1. The van der Waals surface area contributed by atoms with Crippen molar-refractivity contribution < 1.29 is 20.1 Å². The summed E-state index contributed by atoms with van der Waals surface area (Å²) in [5.41, 5.74) is -0.708. The average Bonchev–Trinajstić information content (AvgIpc) is 2.77. The topological polar surface area (TPSA) is 81.0 Å². The second-order valence-electron chi connectivity index (χ2n) is 6.24. The van der Waals surface area contributed by atoms with Gasteiger partial charge in [-0.2, -0.15) is 0 Å². The van der Waals surface area contributed by atoms with E-state index in [0.717, 1.165) is 25.9 Å². The summed E-state index contributed by atoms with van der Waals surface area (Å²) in [7, 11) is 0. The van der Waals surface area contributed by atoms with E-state index in [0.29, 0.717) is 38.1 Å². The molecule has 1 heterocycles. The molecule has 0 radical (unpaired) electrons. The molecule has 5 nitrogen and oxygen atoms in total. The lowest BCUT2D eigenvalue weighted by atomic mass is 9.78. The molecule has 1 aliphatic heterocycles. The molecule has 0 amide bonds. The summed E-state index contributed by atoms with van der Waals surface area (Å²) >= 11 is 0. The Labute approximate surface area is 114 Å². The number of β-amino-alcohol motifs (C(OH)–C–C–N with tert-alkyl or cyclic N) is 1. The molecule has 2 rings (SSSR count). The molecule has 1 aliphatic carbocycles. The van der Waals surface area contributed by atoms with Crippen molar-refractivity contribution in [1.82, 2.24) is 4.90 Å². The lowest BCUT2D eigenvalue weighted by molar-refractivity contribution is -0.145. The smallest absolute Gasteiger partial charge is 0.306 e. The molecule has 1 unspecified atom stereocenters. The first-order valence-corrected chi connectivity index (χ1v) is 7.31. The minimum Gasteiger partial charge on any atom is -0.481 e. The Hall–Kier alpha value is -0.650. The Bertz CT molecular complexity index is 313. The third-order valence-corrected chi connectivity index (χ3v) is 4.69. The number of likely N-dealkylation sites (tertiary alicyclic amines) is 1. The van der Waals surface area contributed by atoms with Gasteiger partial charge in [0.2, 0.25) is 0 Å². The van der Waals surface area contributed by atoms with Crippen LogP contribution in [-0.4, -0.2) is 58.0 Å². The predicted molar refractivity (Wildman–Crippen MR) is 70.8 cm³/mol. The zero-order chi connectivity index (χ0) is 13.9. The predicted octanol–water partition coefficient (Wildman–Crippen LogP) is 0.697. The van der Waals surface area contributed by atoms with E-state index in [9.17, 15) is 9.90 Å². The standard InChI is InChI=1S/C14H25NO4/c16-8-4-11-3-7-15(9-11)10-14(19)5-1-12(2-6-14)13(17)18/h11-12,16,19H,1-10H2,(H,17,18). The van der Waals surface area contributed by atoms with E-state index in [1.165, 1.54) is 0 Å². The lowest BCUT2D eigenvalue weighted by Crippen LogP contribution is -2.45. The molecule has 0 aromatic heterocycles. The van der Waals surface area contributed by atoms with Crippen molar-refractivity contribution in [2.75, 3.05) is 26.2 Å². The van der Waals surface area contributed by atoms with Crippen molar-refractivity contribution in [3.05, 3.63) is 0 Å². The summed E-state index contributed by atoms with van der Waals surface area (Å²) in [5.74, 6) is -0.462. The van der Waals surface area contributed by atoms with Crippen LogP contribution in [0.5, 0.6) is 0 Å². The van der Waals surface area contributed by atoms with Crippen molar-refractivity contribution in [3.63, 3.8) is 0 Å². The van der Waals surface area contributed by atoms with E-state index >= 15 is 0 Å². The number of carboxylic acids is 1. The summed E-state index contributed by atoms with van der Waals surface area (Å²) < 4.78 is 0. The number of hydrogen-bond donors (Lipinski definition) is 3. The highest BCUT2D eigenvalue weighted by atomic mass is 16.4. The third-order valence-electron chi connectivity index (χ3n) is 4.69. The Balaban J connectivity index is 1.78. The number of carboxylic acid groups (broad SMARTS) is 1. The van der Waals surface area contributed by atoms with Crippen LogP contribution in [0.2, 0.25) is 0 Å². The second kappa shape index (κ2) is 6.20. The summed E-state index contributed by atoms with van der Waals surface area (Å²) in [6.45, 7) is 2.82. The van der Waals surface area contributed by atoms with Crippen LogP contribution in [0, 0.1) is 11.8 Å². The van der Waals surface area contributed by atoms with Crippen molar-refractivity contribution in [3.8, 4) is 0 Å². The van der Waals surface area contributed by atoms with Crippen LogP contribution in [0.25, 0.3) is 0 Å². The van der Waals surface area contributed by atoms with Gasteiger partial charge < -0.3 is 20.2 Å². The van der Waals surface area contributed by atoms with E-state index < -0.39 is 11.6 Å². The van der Waals surface area contributed by atoms with Gasteiger partial charge >= 0.3 is 5.97 Å². The molecule has 2 fully saturated rings. The van der Waals surface area contributed by atoms with Gasteiger partial charge in [0.25, 0.3) is 0 Å². The number of aliphatic hydroxyl groups excluding tert-OH is 1. The maximum Gasteiger partial charge on any atom is 0.306 e. The van der Waals surface area contributed by atoms with E-state index in [2.05, 4.69) is 4.90 Å². The zero-order valence-electron chi connectivity index (χ0n) is 11.4. The fourth-order valence-corrected chi connectivity index (χ4v) is 3.45. The van der Waals surface area contributed by atoms with Crippen molar-refractivity contribution in [2.24, 2.45) is 11.8 Å². The lowest BCUT2D eigenvalue weighted by Gasteiger charge is -2.37. The minimum absolute atomic E-state index is 0.239. The quantitative estimate of drug-likeness (QED) is 0.685. The van der Waals surface area contributed by atoms with Gasteiger partial charge in [-0.25, -0.2) is 0 Å². The first-order chi connectivity index (χ1) is 9.02. The Morgan fingerprint density at radius 3 is 2.53 bits per heavy atom. The van der Waals surface area contributed by atoms with E-state index in [1.807, 2.05) is 0 Å². The molecule has 0 aromatic rings. The van der Waals surface area contributed by atoms with Crippen molar-refractivity contribution in [2.45, 2.75) is 44.1 Å². The molecule has 2 aliphatic rings. The highest BCUT2D eigenvalue weighted by Gasteiger charge is 2.38. The highest BCUT2D eigenvalue weighted by Crippen LogP contribution is 2.34. The molecule has 1 atom stereocenters. The van der Waals surface area contributed by atoms with Crippen LogP contribution in [0.4, 0.5) is 0 Å². The number of hydrogen-bond acceptors (Lipinski definition) is 4. The molecule has 0 spiro atoms. The van der Waals surface area contributed by atoms with Crippen LogP contribution in [-0.2, 0) is 4.79 Å². The van der Waals surface area contributed by atoms with Crippen LogP contribution in [0.3, 0.4) is 0 Å². The van der Waals surface area contributed by atoms with E-state index in [-0.39, 0.29) is 12.5 Å². The molecule has 1 saturated carbocycles. The van der Waals surface area contributed by atoms with Crippen LogP contribution < -0.4 is 0 Å². The second-order valence-corrected chi connectivity index (χ2v) is 6.24. The van der Waals surface area contributed by atoms with Crippen LogP contribution in [0.15, 0.2) is 0 Å². The zero-order valence-corrected chi connectivity index (χ0v) is 11.4. The molecule has 19 heavy (non-hydrogen) atoms. The number of nitrogens with zero attached hydrogens (tertiary/aromatic N) is 1. The molecule has 3 N–H and O–H groups in total. The monoisotopic (exact) mass is 271 g/mol. The summed E-state index contributed by atoms with van der Waals surface area (Å²) in [6, 6.07) is 0. The largest absolute Gasteiger partial charge is 0.481 e. The van der Waals surface area contributed by atoms with Gasteiger partial charge in [-0.05, 0) is 51.0 Å². The van der Waals surface area contributed by atoms with Crippen molar-refractivity contribution >= 4 is 5.97 Å². The normalized spacial score (nSPS) is 36.5. The first-order valence-electron chi connectivity index (χ1n) is 7.31. The fourth-order valence-electron chi connectivity index (χ4n) is 3.45. The molecule has 5 heteroatoms. The highest BCUT2D eigenvalue weighted by molar-refractivity contribution is 5.70. The van der Waals surface area contributed by atoms with Crippen LogP contribution in [0.1, 0.15) is 38.5 Å². The molecule has 0 bridgehead atoms. The molecular weight excluding hydrogens is 246 g/mol. The first kappa shape index (κ1) is 14.8. The number of carbonyl (C=O) groups is 1. The Morgan fingerprint density at radius 1 is 1.26 bits per heavy atom.